The highest BCUT2D eigenvalue weighted by Crippen LogP contribution is 2.46. The van der Waals surface area contributed by atoms with Gasteiger partial charge in [0.1, 0.15) is 0 Å². The summed E-state index contributed by atoms with van der Waals surface area (Å²) in [6.07, 6.45) is 3.99. The molecule has 0 radical (unpaired) electrons. The van der Waals surface area contributed by atoms with Crippen LogP contribution in [0.2, 0.25) is 0 Å². The number of rotatable bonds is 3. The molecule has 1 aliphatic carbocycles. The molecule has 1 heteroatoms. The van der Waals surface area contributed by atoms with Crippen molar-refractivity contribution in [1.29, 1.82) is 0 Å². The smallest absolute Gasteiger partial charge is 0.0133 e. The first-order valence-corrected chi connectivity index (χ1v) is 6.93. The number of benzene rings is 2. The second-order valence-corrected chi connectivity index (χ2v) is 5.58. The molecule has 0 spiro atoms. The van der Waals surface area contributed by atoms with Gasteiger partial charge in [-0.3, -0.25) is 0 Å². The van der Waals surface area contributed by atoms with Crippen LogP contribution in [-0.2, 0) is 5.41 Å². The third-order valence-corrected chi connectivity index (χ3v) is 4.83. The quantitative estimate of drug-likeness (QED) is 0.857. The first-order chi connectivity index (χ1) is 8.76. The van der Waals surface area contributed by atoms with Gasteiger partial charge in [-0.1, -0.05) is 48.9 Å². The fraction of sp³-hybridized carbons (Fsp3) is 0.412. The highest BCUT2D eigenvalue weighted by molar-refractivity contribution is 5.83. The molecule has 1 unspecified atom stereocenters. The first-order valence-electron chi connectivity index (χ1n) is 6.93. The topological polar surface area (TPSA) is 12.0 Å². The summed E-state index contributed by atoms with van der Waals surface area (Å²) in [6, 6.07) is 16.2. The Kier molecular flexibility index (Phi) is 2.87. The van der Waals surface area contributed by atoms with Crippen LogP contribution in [0.4, 0.5) is 0 Å². The van der Waals surface area contributed by atoms with Crippen LogP contribution in [0.3, 0.4) is 0 Å². The summed E-state index contributed by atoms with van der Waals surface area (Å²) < 4.78 is 0. The number of likely N-dealkylation sites (N-methyl/N-ethyl adjacent to an activating group) is 1. The number of fused-ring (bicyclic) bond motifs is 1. The number of hydrogen-bond donors (Lipinski definition) is 1. The Labute approximate surface area is 109 Å². The standard InChI is InChI=1S/C17H21N/c1-13(18-2)17(10-5-11-17)16-9-8-14-6-3-4-7-15(14)12-16/h3-4,6-9,12-13,18H,5,10-11H2,1-2H3. The third-order valence-electron chi connectivity index (χ3n) is 4.83. The van der Waals surface area contributed by atoms with Crippen molar-refractivity contribution in [3.05, 3.63) is 48.0 Å². The molecule has 0 bridgehead atoms. The maximum absolute atomic E-state index is 3.45. The SMILES string of the molecule is CNC(C)C1(c2ccc3ccccc3c2)CCC1. The Balaban J connectivity index is 2.07. The molecule has 0 aromatic heterocycles. The van der Waals surface area contributed by atoms with Gasteiger partial charge in [0.15, 0.2) is 0 Å². The van der Waals surface area contributed by atoms with Crippen LogP contribution >= 0.6 is 0 Å². The number of hydrogen-bond acceptors (Lipinski definition) is 1. The summed E-state index contributed by atoms with van der Waals surface area (Å²) in [7, 11) is 2.08. The fourth-order valence-electron chi connectivity index (χ4n) is 3.30. The van der Waals surface area contributed by atoms with E-state index in [1.807, 2.05) is 0 Å². The van der Waals surface area contributed by atoms with Crippen LogP contribution in [0.25, 0.3) is 10.8 Å². The van der Waals surface area contributed by atoms with Crippen LogP contribution in [0, 0.1) is 0 Å². The predicted molar refractivity (Wildman–Crippen MR) is 78.0 cm³/mol. The Hall–Kier alpha value is -1.34. The van der Waals surface area contributed by atoms with Crippen LogP contribution < -0.4 is 5.32 Å². The van der Waals surface area contributed by atoms with Gasteiger partial charge < -0.3 is 5.32 Å². The maximum Gasteiger partial charge on any atom is 0.0133 e. The Morgan fingerprint density at radius 2 is 1.78 bits per heavy atom. The highest BCUT2D eigenvalue weighted by Gasteiger charge is 2.42. The van der Waals surface area contributed by atoms with E-state index in [2.05, 4.69) is 61.8 Å². The first kappa shape index (κ1) is 11.7. The van der Waals surface area contributed by atoms with Crippen molar-refractivity contribution in [1.82, 2.24) is 5.32 Å². The summed E-state index contributed by atoms with van der Waals surface area (Å²) in [5, 5.41) is 6.16. The lowest BCUT2D eigenvalue weighted by atomic mass is 9.60. The lowest BCUT2D eigenvalue weighted by Gasteiger charge is -2.47. The fourth-order valence-corrected chi connectivity index (χ4v) is 3.30. The molecule has 18 heavy (non-hydrogen) atoms. The molecule has 94 valence electrons. The molecule has 0 saturated heterocycles. The molecule has 1 N–H and O–H groups in total. The molecule has 1 nitrogen and oxygen atoms in total. The lowest BCUT2D eigenvalue weighted by Crippen LogP contribution is -2.50. The van der Waals surface area contributed by atoms with Gasteiger partial charge in [0.05, 0.1) is 0 Å². The van der Waals surface area contributed by atoms with Crippen molar-refractivity contribution in [2.24, 2.45) is 0 Å². The highest BCUT2D eigenvalue weighted by atomic mass is 14.9. The number of nitrogens with one attached hydrogen (secondary N) is 1. The molecule has 0 aliphatic heterocycles. The zero-order valence-electron chi connectivity index (χ0n) is 11.2. The summed E-state index contributed by atoms with van der Waals surface area (Å²) in [6.45, 7) is 2.31. The normalized spacial score (nSPS) is 19.4. The monoisotopic (exact) mass is 239 g/mol. The molecule has 1 aliphatic rings. The average Bonchev–Trinajstić information content (AvgIpc) is 2.37. The molecular formula is C17H21N. The Morgan fingerprint density at radius 3 is 2.39 bits per heavy atom. The minimum atomic E-state index is 0.360. The third kappa shape index (κ3) is 1.65. The van der Waals surface area contributed by atoms with E-state index in [1.54, 1.807) is 0 Å². The van der Waals surface area contributed by atoms with Gasteiger partial charge >= 0.3 is 0 Å². The van der Waals surface area contributed by atoms with E-state index in [0.29, 0.717) is 11.5 Å². The molecule has 1 fully saturated rings. The van der Waals surface area contributed by atoms with Gasteiger partial charge in [0, 0.05) is 11.5 Å². The van der Waals surface area contributed by atoms with E-state index in [4.69, 9.17) is 0 Å². The van der Waals surface area contributed by atoms with Crippen LogP contribution in [0.5, 0.6) is 0 Å². The van der Waals surface area contributed by atoms with E-state index < -0.39 is 0 Å². The van der Waals surface area contributed by atoms with Crippen molar-refractivity contribution in [2.75, 3.05) is 7.05 Å². The van der Waals surface area contributed by atoms with Crippen LogP contribution in [0.1, 0.15) is 31.7 Å². The molecule has 0 amide bonds. The molecule has 1 atom stereocenters. The van der Waals surface area contributed by atoms with Crippen molar-refractivity contribution in [3.63, 3.8) is 0 Å². The van der Waals surface area contributed by atoms with E-state index in [1.165, 1.54) is 35.6 Å². The van der Waals surface area contributed by atoms with E-state index in [-0.39, 0.29) is 0 Å². The molecule has 1 saturated carbocycles. The van der Waals surface area contributed by atoms with E-state index in [0.717, 1.165) is 0 Å². The van der Waals surface area contributed by atoms with Crippen molar-refractivity contribution >= 4 is 10.8 Å². The van der Waals surface area contributed by atoms with Crippen molar-refractivity contribution in [3.8, 4) is 0 Å². The Bertz CT molecular complexity index is 554. The maximum atomic E-state index is 3.45. The van der Waals surface area contributed by atoms with Gasteiger partial charge in [-0.2, -0.15) is 0 Å². The zero-order chi connectivity index (χ0) is 12.6. The second-order valence-electron chi connectivity index (χ2n) is 5.58. The summed E-state index contributed by atoms with van der Waals surface area (Å²) in [5.41, 5.74) is 1.87. The lowest BCUT2D eigenvalue weighted by molar-refractivity contribution is 0.185. The average molecular weight is 239 g/mol. The van der Waals surface area contributed by atoms with Gasteiger partial charge in [0.2, 0.25) is 0 Å². The van der Waals surface area contributed by atoms with Gasteiger partial charge in [-0.05, 0) is 43.1 Å². The molecule has 2 aromatic rings. The minimum absolute atomic E-state index is 0.360. The minimum Gasteiger partial charge on any atom is -0.316 e. The second kappa shape index (κ2) is 4.40. The van der Waals surface area contributed by atoms with E-state index >= 15 is 0 Å². The molecular weight excluding hydrogens is 218 g/mol. The predicted octanol–water partition coefficient (Wildman–Crippen LogP) is 3.87. The molecule has 3 rings (SSSR count). The zero-order valence-corrected chi connectivity index (χ0v) is 11.2. The largest absolute Gasteiger partial charge is 0.316 e. The summed E-state index contributed by atoms with van der Waals surface area (Å²) in [4.78, 5) is 0. The van der Waals surface area contributed by atoms with Gasteiger partial charge in [-0.15, -0.1) is 0 Å². The molecule has 0 heterocycles. The van der Waals surface area contributed by atoms with Gasteiger partial charge in [-0.25, -0.2) is 0 Å². The Morgan fingerprint density at radius 1 is 1.06 bits per heavy atom. The summed E-state index contributed by atoms with van der Waals surface area (Å²) >= 11 is 0. The van der Waals surface area contributed by atoms with Crippen molar-refractivity contribution < 1.29 is 0 Å². The van der Waals surface area contributed by atoms with Crippen LogP contribution in [-0.4, -0.2) is 13.1 Å². The van der Waals surface area contributed by atoms with Crippen molar-refractivity contribution in [2.45, 2.75) is 37.6 Å². The van der Waals surface area contributed by atoms with E-state index in [9.17, 15) is 0 Å². The van der Waals surface area contributed by atoms with Gasteiger partial charge in [0.25, 0.3) is 0 Å². The summed E-state index contributed by atoms with van der Waals surface area (Å²) in [5.74, 6) is 0. The van der Waals surface area contributed by atoms with Crippen LogP contribution in [0.15, 0.2) is 42.5 Å². The molecule has 2 aromatic carbocycles.